The van der Waals surface area contributed by atoms with Gasteiger partial charge >= 0.3 is 10.8 Å². The van der Waals surface area contributed by atoms with E-state index in [0.29, 0.717) is 26.8 Å². The van der Waals surface area contributed by atoms with Crippen LogP contribution >= 0.6 is 34.4 Å². The predicted octanol–water partition coefficient (Wildman–Crippen LogP) is 4.58. The summed E-state index contributed by atoms with van der Waals surface area (Å²) in [6.07, 6.45) is 0. The van der Waals surface area contributed by atoms with Crippen LogP contribution in [0, 0.1) is 5.92 Å². The summed E-state index contributed by atoms with van der Waals surface area (Å²) in [5, 5.41) is 4.46. The number of rotatable bonds is 7. The lowest BCUT2D eigenvalue weighted by Gasteiger charge is -2.29. The zero-order valence-electron chi connectivity index (χ0n) is 21.6. The molecule has 208 valence electrons. The summed E-state index contributed by atoms with van der Waals surface area (Å²) in [6.45, 7) is 1.71. The summed E-state index contributed by atoms with van der Waals surface area (Å²) in [5.41, 5.74) is 1.33. The van der Waals surface area contributed by atoms with Crippen LogP contribution in [0.25, 0.3) is 0 Å². The Morgan fingerprint density at radius 2 is 1.71 bits per heavy atom. The van der Waals surface area contributed by atoms with Crippen LogP contribution in [0.15, 0.2) is 81.9 Å². The number of hydrogen-bond donors (Lipinski definition) is 1. The fourth-order valence-corrected chi connectivity index (χ4v) is 8.83. The second-order valence-corrected chi connectivity index (χ2v) is 12.5. The number of fused-ring (bicyclic) bond motifs is 2. The van der Waals surface area contributed by atoms with Crippen LogP contribution in [-0.4, -0.2) is 40.1 Å². The van der Waals surface area contributed by atoms with Crippen molar-refractivity contribution in [1.29, 1.82) is 0 Å². The minimum Gasteiger partial charge on any atom is -0.462 e. The number of benzene rings is 2. The third-order valence-electron chi connectivity index (χ3n) is 6.89. The molecule has 1 fully saturated rings. The van der Waals surface area contributed by atoms with Gasteiger partial charge in [-0.25, -0.2) is 9.69 Å². The summed E-state index contributed by atoms with van der Waals surface area (Å²) in [7, 11) is 0. The average molecular weight is 606 g/mol. The van der Waals surface area contributed by atoms with Crippen LogP contribution in [0.3, 0.4) is 0 Å². The lowest BCUT2D eigenvalue weighted by atomic mass is 9.87. The SMILES string of the molecule is CCOC(=O)c1ccc(NC(=O)Cn2c3c(sc2=O)[C@H](c2cccs2)C2C(=O)N(c4ccccc4)C(=O)C2S3)cc1. The molecule has 4 aromatic rings. The highest BCUT2D eigenvalue weighted by atomic mass is 32.2. The van der Waals surface area contributed by atoms with Gasteiger partial charge in [-0.3, -0.25) is 23.7 Å². The Labute approximate surface area is 246 Å². The number of para-hydroxylation sites is 1. The Hall–Kier alpha value is -4.00. The van der Waals surface area contributed by atoms with Crippen molar-refractivity contribution >= 4 is 69.5 Å². The second-order valence-electron chi connectivity index (χ2n) is 9.37. The fraction of sp³-hybridized carbons (Fsp3) is 0.207. The molecule has 1 N–H and O–H groups in total. The van der Waals surface area contributed by atoms with Crippen molar-refractivity contribution in [2.75, 3.05) is 16.8 Å². The van der Waals surface area contributed by atoms with Gasteiger partial charge in [-0.15, -0.1) is 11.3 Å². The van der Waals surface area contributed by atoms with E-state index in [-0.39, 0.29) is 29.8 Å². The van der Waals surface area contributed by atoms with Crippen molar-refractivity contribution in [3.8, 4) is 0 Å². The molecule has 9 nitrogen and oxygen atoms in total. The van der Waals surface area contributed by atoms with E-state index >= 15 is 0 Å². The highest BCUT2D eigenvalue weighted by molar-refractivity contribution is 8.00. The van der Waals surface area contributed by atoms with Crippen molar-refractivity contribution < 1.29 is 23.9 Å². The standard InChI is InChI=1S/C29H23N3O6S3/c1-2-38-28(36)16-10-12-17(13-11-16)30-20(33)15-31-27-24(41-29(31)37)21(19-9-6-14-39-19)22-23(40-27)26(35)32(25(22)34)18-7-4-3-5-8-18/h3-14,21-23H,2,15H2,1H3,(H,30,33)/t21-,22?,23?/m1/s1. The number of nitrogens with zero attached hydrogens (tertiary/aromatic N) is 2. The second kappa shape index (κ2) is 11.1. The number of thiazole rings is 1. The van der Waals surface area contributed by atoms with E-state index < -0.39 is 29.0 Å². The monoisotopic (exact) mass is 605 g/mol. The maximum absolute atomic E-state index is 13.8. The topological polar surface area (TPSA) is 115 Å². The molecule has 6 rings (SSSR count). The van der Waals surface area contributed by atoms with Crippen molar-refractivity contribution in [3.05, 3.63) is 97.1 Å². The zero-order valence-corrected chi connectivity index (χ0v) is 24.1. The summed E-state index contributed by atoms with van der Waals surface area (Å²) in [5.74, 6) is -2.66. The molecule has 2 aliphatic rings. The predicted molar refractivity (Wildman–Crippen MR) is 158 cm³/mol. The number of imide groups is 1. The maximum atomic E-state index is 13.8. The van der Waals surface area contributed by atoms with Crippen LogP contribution in [0.4, 0.5) is 11.4 Å². The van der Waals surface area contributed by atoms with Crippen LogP contribution in [0.2, 0.25) is 0 Å². The molecule has 4 heterocycles. The largest absolute Gasteiger partial charge is 0.462 e. The van der Waals surface area contributed by atoms with Gasteiger partial charge in [-0.05, 0) is 54.8 Å². The Morgan fingerprint density at radius 1 is 0.951 bits per heavy atom. The summed E-state index contributed by atoms with van der Waals surface area (Å²) >= 11 is 3.66. The third-order valence-corrected chi connectivity index (χ3v) is 10.5. The minimum absolute atomic E-state index is 0.258. The van der Waals surface area contributed by atoms with Crippen molar-refractivity contribution in [1.82, 2.24) is 4.57 Å². The number of amides is 3. The number of nitrogens with one attached hydrogen (secondary N) is 1. The number of ether oxygens (including phenoxy) is 1. The Morgan fingerprint density at radius 3 is 2.39 bits per heavy atom. The van der Waals surface area contributed by atoms with E-state index in [1.807, 2.05) is 23.6 Å². The molecule has 2 unspecified atom stereocenters. The van der Waals surface area contributed by atoms with Crippen LogP contribution in [0.5, 0.6) is 0 Å². The van der Waals surface area contributed by atoms with Gasteiger partial charge in [0.2, 0.25) is 17.7 Å². The van der Waals surface area contributed by atoms with Crippen molar-refractivity contribution in [2.45, 2.75) is 29.7 Å². The van der Waals surface area contributed by atoms with E-state index in [0.717, 1.165) is 16.2 Å². The molecule has 2 aromatic carbocycles. The van der Waals surface area contributed by atoms with Crippen LogP contribution in [-0.2, 0) is 25.7 Å². The van der Waals surface area contributed by atoms with Gasteiger partial charge in [0.1, 0.15) is 11.8 Å². The highest BCUT2D eigenvalue weighted by Crippen LogP contribution is 2.54. The minimum atomic E-state index is -0.735. The van der Waals surface area contributed by atoms with E-state index in [1.165, 1.54) is 32.6 Å². The van der Waals surface area contributed by atoms with Crippen LogP contribution < -0.4 is 15.1 Å². The van der Waals surface area contributed by atoms with Crippen molar-refractivity contribution in [3.63, 3.8) is 0 Å². The number of thiophene rings is 1. The average Bonchev–Trinajstić information content (AvgIpc) is 3.67. The Kier molecular flexibility index (Phi) is 7.37. The van der Waals surface area contributed by atoms with Gasteiger partial charge < -0.3 is 10.1 Å². The van der Waals surface area contributed by atoms with Gasteiger partial charge in [-0.2, -0.15) is 0 Å². The molecular formula is C29H23N3O6S3. The smallest absolute Gasteiger partial charge is 0.338 e. The first kappa shape index (κ1) is 27.2. The first-order valence-corrected chi connectivity index (χ1v) is 15.4. The molecular weight excluding hydrogens is 583 g/mol. The Balaban J connectivity index is 1.30. The van der Waals surface area contributed by atoms with E-state index in [4.69, 9.17) is 4.74 Å². The molecule has 0 aliphatic carbocycles. The van der Waals surface area contributed by atoms with Gasteiger partial charge in [-0.1, -0.05) is 47.4 Å². The zero-order chi connectivity index (χ0) is 28.7. The molecule has 3 amide bonds. The Bertz CT molecular complexity index is 1700. The number of aromatic nitrogens is 1. The lowest BCUT2D eigenvalue weighted by molar-refractivity contribution is -0.122. The molecule has 41 heavy (non-hydrogen) atoms. The quantitative estimate of drug-likeness (QED) is 0.242. The van der Waals surface area contributed by atoms with E-state index in [9.17, 15) is 24.0 Å². The number of esters is 1. The molecule has 1 saturated heterocycles. The molecule has 0 spiro atoms. The molecule has 2 aliphatic heterocycles. The number of anilines is 2. The number of carbonyl (C=O) groups is 4. The number of carbonyl (C=O) groups excluding carboxylic acids is 4. The third kappa shape index (κ3) is 4.92. The van der Waals surface area contributed by atoms with E-state index in [2.05, 4.69) is 5.32 Å². The van der Waals surface area contributed by atoms with Gasteiger partial charge in [0, 0.05) is 21.4 Å². The van der Waals surface area contributed by atoms with Crippen molar-refractivity contribution in [2.24, 2.45) is 5.92 Å². The molecule has 0 radical (unpaired) electrons. The molecule has 0 saturated carbocycles. The first-order valence-electron chi connectivity index (χ1n) is 12.8. The number of hydrogen-bond acceptors (Lipinski definition) is 9. The normalized spacial score (nSPS) is 19.5. The van der Waals surface area contributed by atoms with Gasteiger partial charge in [0.25, 0.3) is 0 Å². The lowest BCUT2D eigenvalue weighted by Crippen LogP contribution is -2.32. The maximum Gasteiger partial charge on any atom is 0.338 e. The summed E-state index contributed by atoms with van der Waals surface area (Å²) in [4.78, 5) is 68.1. The molecule has 0 bridgehead atoms. The van der Waals surface area contributed by atoms with E-state index in [1.54, 1.807) is 55.5 Å². The van der Waals surface area contributed by atoms with Gasteiger partial charge in [0.05, 0.1) is 28.8 Å². The first-order chi connectivity index (χ1) is 19.9. The highest BCUT2D eigenvalue weighted by Gasteiger charge is 2.57. The molecule has 2 aromatic heterocycles. The summed E-state index contributed by atoms with van der Waals surface area (Å²) in [6, 6.07) is 18.9. The number of thioether (sulfide) groups is 1. The fourth-order valence-electron chi connectivity index (χ4n) is 5.11. The van der Waals surface area contributed by atoms with Gasteiger partial charge in [0.15, 0.2) is 0 Å². The molecule has 12 heteroatoms. The molecule has 3 atom stereocenters. The summed E-state index contributed by atoms with van der Waals surface area (Å²) < 4.78 is 6.37. The van der Waals surface area contributed by atoms with Crippen LogP contribution in [0.1, 0.15) is 33.0 Å².